The highest BCUT2D eigenvalue weighted by atomic mass is 79.9. The largest absolute Gasteiger partial charge is 0.244 e. The molecule has 0 saturated carbocycles. The number of halogens is 2. The molecule has 4 heteroatoms. The van der Waals surface area contributed by atoms with Gasteiger partial charge < -0.3 is 0 Å². The summed E-state index contributed by atoms with van der Waals surface area (Å²) in [5, 5.41) is 0.730. The van der Waals surface area contributed by atoms with E-state index in [9.17, 15) is 4.39 Å². The minimum atomic E-state index is -0.237. The van der Waals surface area contributed by atoms with E-state index >= 15 is 0 Å². The van der Waals surface area contributed by atoms with Gasteiger partial charge in [-0.05, 0) is 34.0 Å². The molecule has 0 fully saturated rings. The van der Waals surface area contributed by atoms with Gasteiger partial charge in [0, 0.05) is 15.5 Å². The molecule has 0 N–H and O–H groups in total. The van der Waals surface area contributed by atoms with Gasteiger partial charge in [-0.15, -0.1) is 11.3 Å². The highest BCUT2D eigenvalue weighted by Crippen LogP contribution is 2.35. The Bertz CT molecular complexity index is 487. The van der Waals surface area contributed by atoms with Gasteiger partial charge in [0.2, 0.25) is 0 Å². The Kier molecular flexibility index (Phi) is 3.40. The predicted octanol–water partition coefficient (Wildman–Crippen LogP) is 4.84. The number of rotatable bonds is 2. The summed E-state index contributed by atoms with van der Waals surface area (Å²) in [6.07, 6.45) is 1.82. The van der Waals surface area contributed by atoms with Crippen LogP contribution in [-0.2, 0) is 0 Å². The van der Waals surface area contributed by atoms with Crippen LogP contribution in [0.25, 0.3) is 10.6 Å². The van der Waals surface area contributed by atoms with Gasteiger partial charge in [-0.25, -0.2) is 9.37 Å². The number of hydrogen-bond acceptors (Lipinski definition) is 2. The molecule has 1 nitrogen and oxygen atoms in total. The van der Waals surface area contributed by atoms with Crippen LogP contribution in [0.5, 0.6) is 0 Å². The fourth-order valence-corrected chi connectivity index (χ4v) is 3.01. The van der Waals surface area contributed by atoms with Crippen LogP contribution in [0.15, 0.2) is 28.9 Å². The molecule has 1 heterocycles. The lowest BCUT2D eigenvalue weighted by Crippen LogP contribution is -1.84. The van der Waals surface area contributed by atoms with Gasteiger partial charge in [-0.3, -0.25) is 0 Å². The zero-order chi connectivity index (χ0) is 11.7. The monoisotopic (exact) mass is 299 g/mol. The lowest BCUT2D eigenvalue weighted by atomic mass is 10.2. The molecule has 0 aliphatic carbocycles. The molecule has 0 bridgehead atoms. The van der Waals surface area contributed by atoms with Crippen LogP contribution in [0.1, 0.15) is 24.6 Å². The van der Waals surface area contributed by atoms with Gasteiger partial charge in [-0.1, -0.05) is 19.9 Å². The first-order chi connectivity index (χ1) is 7.59. The van der Waals surface area contributed by atoms with E-state index in [4.69, 9.17) is 0 Å². The smallest absolute Gasteiger partial charge is 0.134 e. The summed E-state index contributed by atoms with van der Waals surface area (Å²) in [6.45, 7) is 4.21. The maximum atomic E-state index is 13.7. The second kappa shape index (κ2) is 4.63. The van der Waals surface area contributed by atoms with Crippen molar-refractivity contribution in [2.24, 2.45) is 0 Å². The Hall–Kier alpha value is -0.740. The molecule has 0 atom stereocenters. The summed E-state index contributed by atoms with van der Waals surface area (Å²) in [5.74, 6) is 0.191. The van der Waals surface area contributed by atoms with Crippen LogP contribution in [0.2, 0.25) is 0 Å². The van der Waals surface area contributed by atoms with Crippen molar-refractivity contribution >= 4 is 27.3 Å². The normalized spacial score (nSPS) is 11.1. The third kappa shape index (κ3) is 2.18. The van der Waals surface area contributed by atoms with Gasteiger partial charge in [-0.2, -0.15) is 0 Å². The summed E-state index contributed by atoms with van der Waals surface area (Å²) in [4.78, 5) is 5.45. The van der Waals surface area contributed by atoms with Crippen molar-refractivity contribution in [3.05, 3.63) is 39.6 Å². The maximum absolute atomic E-state index is 13.7. The molecular formula is C12H11BrFNS. The molecule has 84 valence electrons. The van der Waals surface area contributed by atoms with E-state index in [0.29, 0.717) is 11.5 Å². The highest BCUT2D eigenvalue weighted by Gasteiger charge is 2.14. The fourth-order valence-electron chi connectivity index (χ4n) is 1.37. The van der Waals surface area contributed by atoms with Crippen molar-refractivity contribution in [2.75, 3.05) is 0 Å². The summed E-state index contributed by atoms with van der Waals surface area (Å²) in [7, 11) is 0. The molecular weight excluding hydrogens is 289 g/mol. The molecule has 1 aromatic heterocycles. The number of hydrogen-bond donors (Lipinski definition) is 0. The molecule has 0 unspecified atom stereocenters. The Labute approximate surface area is 106 Å². The number of benzene rings is 1. The van der Waals surface area contributed by atoms with Crippen LogP contribution in [0.3, 0.4) is 0 Å². The number of thiazole rings is 1. The molecule has 0 saturated heterocycles. The van der Waals surface area contributed by atoms with E-state index < -0.39 is 0 Å². The van der Waals surface area contributed by atoms with Gasteiger partial charge in [0.1, 0.15) is 10.8 Å². The van der Waals surface area contributed by atoms with Crippen molar-refractivity contribution in [1.29, 1.82) is 0 Å². The van der Waals surface area contributed by atoms with Crippen LogP contribution in [0, 0.1) is 5.82 Å². The third-order valence-electron chi connectivity index (χ3n) is 2.27. The van der Waals surface area contributed by atoms with Crippen molar-refractivity contribution in [3.8, 4) is 10.6 Å². The van der Waals surface area contributed by atoms with Gasteiger partial charge in [0.25, 0.3) is 0 Å². The van der Waals surface area contributed by atoms with Crippen molar-refractivity contribution in [3.63, 3.8) is 0 Å². The highest BCUT2D eigenvalue weighted by molar-refractivity contribution is 9.10. The summed E-state index contributed by atoms with van der Waals surface area (Å²) in [6, 6.07) is 4.96. The topological polar surface area (TPSA) is 12.9 Å². The van der Waals surface area contributed by atoms with Crippen LogP contribution < -0.4 is 0 Å². The molecule has 2 rings (SSSR count). The molecule has 0 aliphatic rings. The second-order valence-electron chi connectivity index (χ2n) is 3.82. The standard InChI is InChI=1S/C12H11BrFNS/c1-7(2)10-6-15-12(16-10)11-8(13)4-3-5-9(11)14/h3-7H,1-2H3. The number of aromatic nitrogens is 1. The summed E-state index contributed by atoms with van der Waals surface area (Å²) in [5.41, 5.74) is 0.555. The van der Waals surface area contributed by atoms with E-state index in [1.165, 1.54) is 10.9 Å². The Morgan fingerprint density at radius 3 is 2.69 bits per heavy atom. The Balaban J connectivity index is 2.50. The van der Waals surface area contributed by atoms with Crippen LogP contribution in [-0.4, -0.2) is 4.98 Å². The molecule has 0 radical (unpaired) electrons. The first-order valence-corrected chi connectivity index (χ1v) is 6.60. The van der Waals surface area contributed by atoms with E-state index in [0.717, 1.165) is 9.48 Å². The second-order valence-corrected chi connectivity index (χ2v) is 5.74. The zero-order valence-electron chi connectivity index (χ0n) is 9.00. The Morgan fingerprint density at radius 2 is 2.12 bits per heavy atom. The number of nitrogens with zero attached hydrogens (tertiary/aromatic N) is 1. The average Bonchev–Trinajstić information content (AvgIpc) is 2.66. The molecule has 0 amide bonds. The van der Waals surface area contributed by atoms with E-state index in [1.54, 1.807) is 17.4 Å². The maximum Gasteiger partial charge on any atom is 0.134 e. The van der Waals surface area contributed by atoms with E-state index in [2.05, 4.69) is 34.8 Å². The minimum Gasteiger partial charge on any atom is -0.244 e. The van der Waals surface area contributed by atoms with Crippen LogP contribution in [0.4, 0.5) is 4.39 Å². The lowest BCUT2D eigenvalue weighted by molar-refractivity contribution is 0.630. The van der Waals surface area contributed by atoms with Gasteiger partial charge in [0.15, 0.2) is 0 Å². The molecule has 16 heavy (non-hydrogen) atoms. The van der Waals surface area contributed by atoms with Crippen molar-refractivity contribution in [2.45, 2.75) is 19.8 Å². The summed E-state index contributed by atoms with van der Waals surface area (Å²) >= 11 is 4.90. The molecule has 0 spiro atoms. The Morgan fingerprint density at radius 1 is 1.38 bits per heavy atom. The van der Waals surface area contributed by atoms with Crippen LogP contribution >= 0.6 is 27.3 Å². The van der Waals surface area contributed by atoms with Gasteiger partial charge >= 0.3 is 0 Å². The fraction of sp³-hybridized carbons (Fsp3) is 0.250. The zero-order valence-corrected chi connectivity index (χ0v) is 11.4. The first kappa shape index (κ1) is 11.7. The molecule has 1 aromatic carbocycles. The quantitative estimate of drug-likeness (QED) is 0.773. The summed E-state index contributed by atoms with van der Waals surface area (Å²) < 4.78 is 14.4. The van der Waals surface area contributed by atoms with Gasteiger partial charge in [0.05, 0.1) is 5.56 Å². The van der Waals surface area contributed by atoms with E-state index in [-0.39, 0.29) is 5.82 Å². The van der Waals surface area contributed by atoms with Crippen molar-refractivity contribution < 1.29 is 4.39 Å². The average molecular weight is 300 g/mol. The first-order valence-electron chi connectivity index (χ1n) is 4.99. The third-order valence-corrected chi connectivity index (χ3v) is 4.25. The molecule has 0 aliphatic heterocycles. The van der Waals surface area contributed by atoms with Crippen molar-refractivity contribution in [1.82, 2.24) is 4.98 Å². The minimum absolute atomic E-state index is 0.237. The predicted molar refractivity (Wildman–Crippen MR) is 69.3 cm³/mol. The van der Waals surface area contributed by atoms with E-state index in [1.807, 2.05) is 12.3 Å². The lowest BCUT2D eigenvalue weighted by Gasteiger charge is -2.02. The molecule has 2 aromatic rings. The SMILES string of the molecule is CC(C)c1cnc(-c2c(F)cccc2Br)s1.